The molecule has 0 aromatic heterocycles. The molecule has 0 spiro atoms. The Morgan fingerprint density at radius 3 is 2.29 bits per heavy atom. The first kappa shape index (κ1) is 23.2. The molecule has 1 fully saturated rings. The molecular weight excluding hydrogens is 396 g/mol. The maximum absolute atomic E-state index is 14.4. The van der Waals surface area contributed by atoms with Gasteiger partial charge in [0.05, 0.1) is 6.61 Å². The van der Waals surface area contributed by atoms with Gasteiger partial charge in [-0.3, -0.25) is 4.79 Å². The molecule has 2 aromatic carbocycles. The first-order valence-electron chi connectivity index (χ1n) is 10.9. The second-order valence-corrected chi connectivity index (χ2v) is 10.3. The number of halogens is 2. The maximum Gasteiger partial charge on any atom is 0.220 e. The third kappa shape index (κ3) is 5.25. The van der Waals surface area contributed by atoms with Crippen molar-refractivity contribution in [3.8, 4) is 5.75 Å². The van der Waals surface area contributed by atoms with Crippen LogP contribution in [-0.4, -0.2) is 19.1 Å². The van der Waals surface area contributed by atoms with Gasteiger partial charge in [0.25, 0.3) is 0 Å². The summed E-state index contributed by atoms with van der Waals surface area (Å²) in [5.74, 6) is -0.437. The summed E-state index contributed by atoms with van der Waals surface area (Å²) in [5.41, 5.74) is 1.17. The predicted octanol–water partition coefficient (Wildman–Crippen LogP) is 5.91. The Labute approximate surface area is 184 Å². The van der Waals surface area contributed by atoms with E-state index >= 15 is 0 Å². The summed E-state index contributed by atoms with van der Waals surface area (Å²) in [7, 11) is 0. The summed E-state index contributed by atoms with van der Waals surface area (Å²) in [6.07, 6.45) is 1.67. The number of carbonyl (C=O) groups excluding carboxylic acids is 1. The number of benzene rings is 2. The van der Waals surface area contributed by atoms with Gasteiger partial charge in [-0.15, -0.1) is 0 Å². The molecule has 2 aromatic rings. The van der Waals surface area contributed by atoms with Crippen molar-refractivity contribution < 1.29 is 18.3 Å². The molecule has 31 heavy (non-hydrogen) atoms. The first-order valence-corrected chi connectivity index (χ1v) is 10.9. The Hall–Kier alpha value is -2.43. The Morgan fingerprint density at radius 1 is 1.10 bits per heavy atom. The van der Waals surface area contributed by atoms with Gasteiger partial charge in [-0.2, -0.15) is 0 Å². The van der Waals surface area contributed by atoms with E-state index in [9.17, 15) is 13.6 Å². The molecule has 1 aliphatic carbocycles. The van der Waals surface area contributed by atoms with E-state index in [1.54, 1.807) is 0 Å². The maximum atomic E-state index is 14.4. The lowest BCUT2D eigenvalue weighted by atomic mass is 9.87. The number of hydrogen-bond donors (Lipinski definition) is 1. The molecule has 1 aliphatic rings. The Bertz CT molecular complexity index is 931. The van der Waals surface area contributed by atoms with Gasteiger partial charge < -0.3 is 10.1 Å². The van der Waals surface area contributed by atoms with Crippen LogP contribution in [0.15, 0.2) is 42.5 Å². The molecule has 1 amide bonds. The molecule has 0 heterocycles. The van der Waals surface area contributed by atoms with Crippen LogP contribution < -0.4 is 10.1 Å². The summed E-state index contributed by atoms with van der Waals surface area (Å²) < 4.78 is 33.4. The van der Waals surface area contributed by atoms with Gasteiger partial charge >= 0.3 is 0 Å². The minimum atomic E-state index is -0.591. The van der Waals surface area contributed by atoms with Crippen LogP contribution in [0.3, 0.4) is 0 Å². The molecule has 3 rings (SSSR count). The molecule has 1 saturated carbocycles. The van der Waals surface area contributed by atoms with E-state index in [0.29, 0.717) is 31.6 Å². The van der Waals surface area contributed by atoms with Gasteiger partial charge in [0.15, 0.2) is 0 Å². The average molecular weight is 430 g/mol. The van der Waals surface area contributed by atoms with Crippen LogP contribution in [0.25, 0.3) is 0 Å². The van der Waals surface area contributed by atoms with Gasteiger partial charge in [-0.05, 0) is 53.0 Å². The predicted molar refractivity (Wildman–Crippen MR) is 119 cm³/mol. The quantitative estimate of drug-likeness (QED) is 0.530. The van der Waals surface area contributed by atoms with Gasteiger partial charge in [-0.25, -0.2) is 8.78 Å². The van der Waals surface area contributed by atoms with E-state index in [2.05, 4.69) is 38.2 Å². The second kappa shape index (κ2) is 8.60. The minimum absolute atomic E-state index is 0.0868. The smallest absolute Gasteiger partial charge is 0.220 e. The van der Waals surface area contributed by atoms with Gasteiger partial charge in [0.2, 0.25) is 5.91 Å². The van der Waals surface area contributed by atoms with Gasteiger partial charge in [0, 0.05) is 24.4 Å². The van der Waals surface area contributed by atoms with Crippen molar-refractivity contribution in [2.45, 2.75) is 64.7 Å². The number of nitrogens with one attached hydrogen (secondary N) is 1. The minimum Gasteiger partial charge on any atom is -0.494 e. The molecule has 1 unspecified atom stereocenters. The number of ether oxygens (including phenoxy) is 1. The van der Waals surface area contributed by atoms with Crippen LogP contribution in [-0.2, 0) is 15.6 Å². The highest BCUT2D eigenvalue weighted by atomic mass is 19.1. The van der Waals surface area contributed by atoms with Crippen LogP contribution in [0.5, 0.6) is 5.75 Å². The molecule has 0 aliphatic heterocycles. The van der Waals surface area contributed by atoms with Crippen molar-refractivity contribution in [3.05, 3.63) is 65.2 Å². The Balaban J connectivity index is 1.46. The van der Waals surface area contributed by atoms with E-state index in [4.69, 9.17) is 4.74 Å². The fraction of sp³-hybridized carbons (Fsp3) is 0.500. The Kier molecular flexibility index (Phi) is 6.45. The second-order valence-electron chi connectivity index (χ2n) is 10.3. The van der Waals surface area contributed by atoms with Crippen LogP contribution in [0, 0.1) is 17.0 Å². The third-order valence-electron chi connectivity index (χ3n) is 6.49. The van der Waals surface area contributed by atoms with Gasteiger partial charge in [-0.1, -0.05) is 52.8 Å². The Morgan fingerprint density at radius 2 is 1.74 bits per heavy atom. The molecule has 0 saturated heterocycles. The summed E-state index contributed by atoms with van der Waals surface area (Å²) in [6, 6.07) is 11.7. The highest BCUT2D eigenvalue weighted by molar-refractivity contribution is 5.76. The van der Waals surface area contributed by atoms with Crippen molar-refractivity contribution in [1.82, 2.24) is 5.32 Å². The standard InChI is InChI=1S/C26H33F2NO2/c1-24(2,3)18-8-11-20(12-9-18)31-14-6-7-23(30)29-17-26(16-25(26,4)5)21-13-10-19(27)15-22(21)28/h8-13,15H,6-7,14,16-17H2,1-5H3,(H,29,30). The number of amides is 1. The van der Waals surface area contributed by atoms with Crippen LogP contribution in [0.4, 0.5) is 8.78 Å². The van der Waals surface area contributed by atoms with Crippen LogP contribution >= 0.6 is 0 Å². The van der Waals surface area contributed by atoms with Crippen molar-refractivity contribution in [1.29, 1.82) is 0 Å². The molecule has 168 valence electrons. The van der Waals surface area contributed by atoms with Crippen LogP contribution in [0.2, 0.25) is 0 Å². The van der Waals surface area contributed by atoms with Gasteiger partial charge in [0.1, 0.15) is 17.4 Å². The SMILES string of the molecule is CC(C)(C)c1ccc(OCCCC(=O)NCC2(c3ccc(F)cc3F)CC2(C)C)cc1. The molecular formula is C26H33F2NO2. The van der Waals surface area contributed by atoms with Crippen LogP contribution in [0.1, 0.15) is 65.0 Å². The summed E-state index contributed by atoms with van der Waals surface area (Å²) >= 11 is 0. The zero-order chi connectivity index (χ0) is 22.9. The van der Waals surface area contributed by atoms with Crippen molar-refractivity contribution in [3.63, 3.8) is 0 Å². The van der Waals surface area contributed by atoms with Crippen molar-refractivity contribution in [2.24, 2.45) is 5.41 Å². The number of hydrogen-bond acceptors (Lipinski definition) is 2. The summed E-state index contributed by atoms with van der Waals surface area (Å²) in [4.78, 5) is 12.3. The lowest BCUT2D eigenvalue weighted by molar-refractivity contribution is -0.121. The van der Waals surface area contributed by atoms with E-state index in [0.717, 1.165) is 18.2 Å². The molecule has 1 N–H and O–H groups in total. The largest absolute Gasteiger partial charge is 0.494 e. The average Bonchev–Trinajstić information content (AvgIpc) is 3.25. The normalized spacial score (nSPS) is 19.7. The van der Waals surface area contributed by atoms with E-state index < -0.39 is 17.0 Å². The molecule has 5 heteroatoms. The van der Waals surface area contributed by atoms with E-state index in [1.165, 1.54) is 17.7 Å². The first-order chi connectivity index (χ1) is 14.4. The number of carbonyl (C=O) groups is 1. The topological polar surface area (TPSA) is 38.3 Å². The monoisotopic (exact) mass is 429 g/mol. The number of rotatable bonds is 8. The zero-order valence-electron chi connectivity index (χ0n) is 19.1. The third-order valence-corrected chi connectivity index (χ3v) is 6.49. The lowest BCUT2D eigenvalue weighted by Crippen LogP contribution is -2.35. The fourth-order valence-corrected chi connectivity index (χ4v) is 4.26. The highest BCUT2D eigenvalue weighted by Crippen LogP contribution is 2.64. The zero-order valence-corrected chi connectivity index (χ0v) is 19.1. The van der Waals surface area contributed by atoms with Crippen molar-refractivity contribution in [2.75, 3.05) is 13.2 Å². The molecule has 1 atom stereocenters. The molecule has 0 bridgehead atoms. The highest BCUT2D eigenvalue weighted by Gasteiger charge is 2.62. The summed E-state index contributed by atoms with van der Waals surface area (Å²) in [6.45, 7) is 11.4. The molecule has 0 radical (unpaired) electrons. The summed E-state index contributed by atoms with van der Waals surface area (Å²) in [5, 5.41) is 2.95. The van der Waals surface area contributed by atoms with E-state index in [1.807, 2.05) is 26.0 Å². The molecule has 3 nitrogen and oxygen atoms in total. The van der Waals surface area contributed by atoms with Crippen molar-refractivity contribution >= 4 is 5.91 Å². The lowest BCUT2D eigenvalue weighted by Gasteiger charge is -2.22. The fourth-order valence-electron chi connectivity index (χ4n) is 4.26. The van der Waals surface area contributed by atoms with E-state index in [-0.39, 0.29) is 16.7 Å².